The second-order valence-corrected chi connectivity index (χ2v) is 12.7. The number of hydrogen-bond donors (Lipinski definition) is 1. The lowest BCUT2D eigenvalue weighted by Crippen LogP contribution is -2.35. The van der Waals surface area contributed by atoms with Gasteiger partial charge in [0.05, 0.1) is 28.6 Å². The zero-order chi connectivity index (χ0) is 26.2. The molecule has 3 aliphatic rings. The van der Waals surface area contributed by atoms with Crippen molar-refractivity contribution in [2.24, 2.45) is 17.3 Å². The lowest BCUT2D eigenvalue weighted by atomic mass is 9.99. The SMILES string of the molecule is CC1(C)C2C(=O)N(Cc3cc4nccc(-c5cc(Cl)c6ccccc6c5OC5CCNCC5)c4s3)C(=O)C21. The summed E-state index contributed by atoms with van der Waals surface area (Å²) in [4.78, 5) is 32.9. The summed E-state index contributed by atoms with van der Waals surface area (Å²) < 4.78 is 7.72. The minimum atomic E-state index is -0.209. The van der Waals surface area contributed by atoms with E-state index in [1.807, 2.05) is 50.2 Å². The fourth-order valence-electron chi connectivity index (χ4n) is 6.30. The van der Waals surface area contributed by atoms with E-state index in [2.05, 4.69) is 16.4 Å². The number of nitrogens with zero attached hydrogens (tertiary/aromatic N) is 2. The Morgan fingerprint density at radius 3 is 2.50 bits per heavy atom. The molecule has 0 radical (unpaired) electrons. The molecule has 2 aromatic carbocycles. The highest BCUT2D eigenvalue weighted by Crippen LogP contribution is 2.63. The van der Waals surface area contributed by atoms with Crippen LogP contribution in [0.3, 0.4) is 0 Å². The molecule has 7 rings (SSSR count). The largest absolute Gasteiger partial charge is 0.489 e. The molecule has 0 bridgehead atoms. The highest BCUT2D eigenvalue weighted by atomic mass is 35.5. The zero-order valence-electron chi connectivity index (χ0n) is 21.3. The Balaban J connectivity index is 1.30. The Labute approximate surface area is 229 Å². The van der Waals surface area contributed by atoms with Gasteiger partial charge < -0.3 is 10.1 Å². The number of halogens is 1. The van der Waals surface area contributed by atoms with Gasteiger partial charge in [-0.25, -0.2) is 0 Å². The number of likely N-dealkylation sites (tertiary alicyclic amines) is 1. The monoisotopic (exact) mass is 545 g/mol. The number of nitrogens with one attached hydrogen (secondary N) is 1. The van der Waals surface area contributed by atoms with Gasteiger partial charge in [-0.2, -0.15) is 0 Å². The van der Waals surface area contributed by atoms with Gasteiger partial charge in [0.15, 0.2) is 0 Å². The maximum Gasteiger partial charge on any atom is 0.234 e. The first kappa shape index (κ1) is 24.1. The summed E-state index contributed by atoms with van der Waals surface area (Å²) in [6, 6.07) is 14.1. The number of amides is 2. The molecular formula is C30H28ClN3O3S. The Hall–Kier alpha value is -3.00. The lowest BCUT2D eigenvalue weighted by molar-refractivity contribution is -0.143. The molecule has 2 aliphatic heterocycles. The van der Waals surface area contributed by atoms with Crippen LogP contribution in [0.5, 0.6) is 5.75 Å². The van der Waals surface area contributed by atoms with Crippen LogP contribution in [0.15, 0.2) is 48.7 Å². The fraction of sp³-hybridized carbons (Fsp3) is 0.367. The average Bonchev–Trinajstić information content (AvgIpc) is 3.16. The molecular weight excluding hydrogens is 518 g/mol. The van der Waals surface area contributed by atoms with Crippen molar-refractivity contribution in [3.63, 3.8) is 0 Å². The Bertz CT molecular complexity index is 1600. The summed E-state index contributed by atoms with van der Waals surface area (Å²) in [5, 5.41) is 6.03. The maximum atomic E-state index is 12.9. The van der Waals surface area contributed by atoms with E-state index >= 15 is 0 Å². The first-order chi connectivity index (χ1) is 18.3. The lowest BCUT2D eigenvalue weighted by Gasteiger charge is -2.26. The van der Waals surface area contributed by atoms with Crippen molar-refractivity contribution in [1.29, 1.82) is 0 Å². The quantitative estimate of drug-likeness (QED) is 0.309. The second-order valence-electron chi connectivity index (χ2n) is 11.2. The van der Waals surface area contributed by atoms with E-state index in [4.69, 9.17) is 16.3 Å². The zero-order valence-corrected chi connectivity index (χ0v) is 22.9. The first-order valence-corrected chi connectivity index (χ1v) is 14.4. The number of pyridine rings is 1. The fourth-order valence-corrected chi connectivity index (χ4v) is 7.71. The predicted octanol–water partition coefficient (Wildman–Crippen LogP) is 6.04. The molecule has 2 atom stereocenters. The molecule has 2 aromatic heterocycles. The number of benzene rings is 2. The number of thiophene rings is 1. The van der Waals surface area contributed by atoms with Gasteiger partial charge in [-0.15, -0.1) is 11.3 Å². The summed E-state index contributed by atoms with van der Waals surface area (Å²) in [6.45, 7) is 6.17. The van der Waals surface area contributed by atoms with Crippen LogP contribution in [-0.4, -0.2) is 40.9 Å². The Morgan fingerprint density at radius 2 is 1.76 bits per heavy atom. The van der Waals surface area contributed by atoms with E-state index in [9.17, 15) is 9.59 Å². The van der Waals surface area contributed by atoms with Gasteiger partial charge in [0.25, 0.3) is 0 Å². The number of ether oxygens (including phenoxy) is 1. The van der Waals surface area contributed by atoms with Crippen LogP contribution in [-0.2, 0) is 16.1 Å². The van der Waals surface area contributed by atoms with Gasteiger partial charge in [0.2, 0.25) is 11.8 Å². The second kappa shape index (κ2) is 8.76. The van der Waals surface area contributed by atoms with Crippen LogP contribution in [0.2, 0.25) is 5.02 Å². The van der Waals surface area contributed by atoms with Gasteiger partial charge in [-0.05, 0) is 49.5 Å². The first-order valence-electron chi connectivity index (χ1n) is 13.2. The smallest absolute Gasteiger partial charge is 0.234 e. The normalized spacial score (nSPS) is 22.9. The summed E-state index contributed by atoms with van der Waals surface area (Å²) in [5.41, 5.74) is 2.55. The van der Waals surface area contributed by atoms with E-state index in [1.165, 1.54) is 4.90 Å². The minimum absolute atomic E-state index is 0.0467. The topological polar surface area (TPSA) is 71.5 Å². The van der Waals surface area contributed by atoms with Crippen molar-refractivity contribution in [3.05, 3.63) is 58.6 Å². The molecule has 1 aliphatic carbocycles. The Morgan fingerprint density at radius 1 is 1.05 bits per heavy atom. The van der Waals surface area contributed by atoms with Crippen molar-refractivity contribution in [2.75, 3.05) is 13.1 Å². The molecule has 2 unspecified atom stereocenters. The van der Waals surface area contributed by atoms with Crippen LogP contribution in [0.4, 0.5) is 0 Å². The van der Waals surface area contributed by atoms with E-state index in [-0.39, 0.29) is 41.7 Å². The third-order valence-corrected chi connectivity index (χ3v) is 9.93. The van der Waals surface area contributed by atoms with Crippen LogP contribution in [0.1, 0.15) is 31.6 Å². The van der Waals surface area contributed by atoms with Crippen LogP contribution >= 0.6 is 22.9 Å². The highest BCUT2D eigenvalue weighted by molar-refractivity contribution is 7.19. The standard InChI is InChI=1S/C30H28ClN3O3S/c1-30(2)24-25(30)29(36)34(28(24)35)15-17-13-23-27(38-17)20(9-12-33-23)21-14-22(31)18-5-3-4-6-19(18)26(21)37-16-7-10-32-11-8-16/h3-6,9,12-14,16,24-25,32H,7-8,10-11,15H2,1-2H3. The minimum Gasteiger partial charge on any atom is -0.489 e. The maximum absolute atomic E-state index is 12.9. The molecule has 38 heavy (non-hydrogen) atoms. The van der Waals surface area contributed by atoms with E-state index in [1.54, 1.807) is 17.5 Å². The van der Waals surface area contributed by atoms with Crippen molar-refractivity contribution in [3.8, 4) is 16.9 Å². The van der Waals surface area contributed by atoms with Gasteiger partial charge in [0, 0.05) is 38.0 Å². The summed E-state index contributed by atoms with van der Waals surface area (Å²) >= 11 is 8.38. The van der Waals surface area contributed by atoms with Gasteiger partial charge in [0.1, 0.15) is 11.9 Å². The molecule has 1 saturated carbocycles. The predicted molar refractivity (Wildman–Crippen MR) is 150 cm³/mol. The summed E-state index contributed by atoms with van der Waals surface area (Å²) in [5.74, 6) is 0.399. The summed E-state index contributed by atoms with van der Waals surface area (Å²) in [6.07, 6.45) is 3.82. The highest BCUT2D eigenvalue weighted by Gasteiger charge is 2.72. The van der Waals surface area contributed by atoms with Crippen molar-refractivity contribution < 1.29 is 14.3 Å². The Kier molecular flexibility index (Phi) is 5.55. The molecule has 8 heteroatoms. The van der Waals surface area contributed by atoms with Crippen molar-refractivity contribution >= 4 is 55.7 Å². The van der Waals surface area contributed by atoms with E-state index in [0.29, 0.717) is 5.02 Å². The van der Waals surface area contributed by atoms with E-state index < -0.39 is 0 Å². The third kappa shape index (κ3) is 3.67. The number of hydrogen-bond acceptors (Lipinski definition) is 6. The molecule has 0 spiro atoms. The molecule has 194 valence electrons. The molecule has 4 aromatic rings. The van der Waals surface area contributed by atoms with Crippen molar-refractivity contribution in [1.82, 2.24) is 15.2 Å². The third-order valence-electron chi connectivity index (χ3n) is 8.47. The molecule has 4 heterocycles. The van der Waals surface area contributed by atoms with Crippen LogP contribution < -0.4 is 10.1 Å². The molecule has 2 saturated heterocycles. The number of carbonyl (C=O) groups excluding carboxylic acids is 2. The number of aromatic nitrogens is 1. The van der Waals surface area contributed by atoms with E-state index in [0.717, 1.165) is 68.7 Å². The van der Waals surface area contributed by atoms with Gasteiger partial charge in [-0.3, -0.25) is 19.5 Å². The number of piperidine rings is 2. The molecule has 6 nitrogen and oxygen atoms in total. The summed E-state index contributed by atoms with van der Waals surface area (Å²) in [7, 11) is 0. The molecule has 1 N–H and O–H groups in total. The average molecular weight is 546 g/mol. The number of rotatable bonds is 5. The van der Waals surface area contributed by atoms with Gasteiger partial charge >= 0.3 is 0 Å². The number of imide groups is 1. The van der Waals surface area contributed by atoms with Crippen LogP contribution in [0.25, 0.3) is 32.1 Å². The van der Waals surface area contributed by atoms with Crippen molar-refractivity contribution in [2.45, 2.75) is 39.3 Å². The van der Waals surface area contributed by atoms with Gasteiger partial charge in [-0.1, -0.05) is 49.7 Å². The molecule has 2 amide bonds. The number of carbonyl (C=O) groups is 2. The molecule has 3 fully saturated rings. The number of fused-ring (bicyclic) bond motifs is 3. The van der Waals surface area contributed by atoms with Crippen LogP contribution in [0, 0.1) is 17.3 Å².